The first-order valence-electron chi connectivity index (χ1n) is 4.39. The van der Waals surface area contributed by atoms with Gasteiger partial charge in [-0.3, -0.25) is 4.79 Å². The zero-order chi connectivity index (χ0) is 11.9. The number of sulfonamides is 1. The molecule has 1 aromatic rings. The Labute approximate surface area is 121 Å². The summed E-state index contributed by atoms with van der Waals surface area (Å²) in [6.45, 7) is 0.0698. The van der Waals surface area contributed by atoms with Crippen LogP contribution in [-0.2, 0) is 14.8 Å². The Morgan fingerprint density at radius 3 is 2.53 bits per heavy atom. The van der Waals surface area contributed by atoms with Gasteiger partial charge in [0.25, 0.3) is 10.0 Å². The zero-order valence-electron chi connectivity index (χ0n) is 9.96. The van der Waals surface area contributed by atoms with E-state index in [2.05, 4.69) is 0 Å². The van der Waals surface area contributed by atoms with Gasteiger partial charge in [-0.1, -0.05) is 11.6 Å². The first kappa shape index (κ1) is 15.0. The number of carboxylic acid groups (broad SMARTS) is 1. The molecule has 0 saturated carbocycles. The minimum absolute atomic E-state index is 0. The molecule has 1 fully saturated rings. The molecule has 0 spiro atoms. The van der Waals surface area contributed by atoms with Crippen LogP contribution in [0.25, 0.3) is 0 Å². The van der Waals surface area contributed by atoms with E-state index in [0.717, 1.165) is 15.6 Å². The summed E-state index contributed by atoms with van der Waals surface area (Å²) < 4.78 is 25.5. The Kier molecular flexibility index (Phi) is 4.69. The van der Waals surface area contributed by atoms with Crippen LogP contribution < -0.4 is 18.9 Å². The van der Waals surface area contributed by atoms with Gasteiger partial charge in [-0.2, -0.15) is 4.31 Å². The molecule has 0 unspecified atom stereocenters. The maximum Gasteiger partial charge on any atom is 1.00 e. The number of nitrogens with zero attached hydrogens (tertiary/aromatic N) is 1. The van der Waals surface area contributed by atoms with Crippen LogP contribution in [0.2, 0.25) is 4.34 Å². The first-order valence-corrected chi connectivity index (χ1v) is 7.03. The molecule has 2 heterocycles. The van der Waals surface area contributed by atoms with Gasteiger partial charge >= 0.3 is 24.8 Å². The quantitative estimate of drug-likeness (QED) is 0.668. The summed E-state index contributed by atoms with van der Waals surface area (Å²) in [5.41, 5.74) is 0. The van der Waals surface area contributed by atoms with Gasteiger partial charge in [-0.05, 0) is 12.1 Å². The SMILES string of the molecule is O=C(O)C1CN(S(=O)(=O)c2ccc(Cl)s2)C1.[H-].[Li+]. The second-order valence-corrected chi connectivity index (χ2v) is 7.30. The van der Waals surface area contributed by atoms with E-state index in [0.29, 0.717) is 4.34 Å². The van der Waals surface area contributed by atoms with E-state index in [4.69, 9.17) is 16.7 Å². The normalized spacial score (nSPS) is 17.2. The van der Waals surface area contributed by atoms with Crippen LogP contribution in [0.4, 0.5) is 0 Å². The largest absolute Gasteiger partial charge is 1.00 e. The van der Waals surface area contributed by atoms with E-state index < -0.39 is 21.9 Å². The third kappa shape index (κ3) is 2.87. The zero-order valence-corrected chi connectivity index (χ0v) is 11.3. The van der Waals surface area contributed by atoms with Crippen molar-refractivity contribution in [1.82, 2.24) is 4.31 Å². The topological polar surface area (TPSA) is 74.7 Å². The van der Waals surface area contributed by atoms with Crippen molar-refractivity contribution in [2.24, 2.45) is 5.92 Å². The van der Waals surface area contributed by atoms with Crippen molar-refractivity contribution in [2.75, 3.05) is 13.1 Å². The number of halogens is 1. The summed E-state index contributed by atoms with van der Waals surface area (Å²) in [5.74, 6) is -1.55. The number of hydrogen-bond acceptors (Lipinski definition) is 4. The van der Waals surface area contributed by atoms with Crippen LogP contribution in [0.15, 0.2) is 16.3 Å². The van der Waals surface area contributed by atoms with Crippen molar-refractivity contribution in [3.63, 3.8) is 0 Å². The molecule has 0 radical (unpaired) electrons. The summed E-state index contributed by atoms with van der Waals surface area (Å²) in [5, 5.41) is 8.65. The molecule has 1 aliphatic rings. The molecular weight excluding hydrogens is 281 g/mol. The summed E-state index contributed by atoms with van der Waals surface area (Å²) in [6.07, 6.45) is 0. The summed E-state index contributed by atoms with van der Waals surface area (Å²) in [7, 11) is -3.54. The maximum absolute atomic E-state index is 11.9. The average molecular weight is 290 g/mol. The predicted molar refractivity (Wildman–Crippen MR) is 60.3 cm³/mol. The van der Waals surface area contributed by atoms with Gasteiger partial charge in [-0.15, -0.1) is 11.3 Å². The molecule has 9 heteroatoms. The number of hydrogen-bond donors (Lipinski definition) is 1. The monoisotopic (exact) mass is 289 g/mol. The van der Waals surface area contributed by atoms with E-state index in [1.807, 2.05) is 0 Å². The Balaban J connectivity index is 0.00000144. The molecule has 0 aliphatic carbocycles. The Hall–Kier alpha value is -0.0326. The van der Waals surface area contributed by atoms with Crippen LogP contribution >= 0.6 is 22.9 Å². The van der Waals surface area contributed by atoms with Crippen molar-refractivity contribution in [2.45, 2.75) is 4.21 Å². The van der Waals surface area contributed by atoms with E-state index >= 15 is 0 Å². The van der Waals surface area contributed by atoms with E-state index in [1.54, 1.807) is 0 Å². The summed E-state index contributed by atoms with van der Waals surface area (Å²) in [6, 6.07) is 2.93. The molecule has 0 bridgehead atoms. The van der Waals surface area contributed by atoms with Crippen molar-refractivity contribution < 1.29 is 38.6 Å². The molecule has 90 valence electrons. The fourth-order valence-electron chi connectivity index (χ4n) is 1.35. The molecule has 1 aromatic heterocycles. The Morgan fingerprint density at radius 1 is 1.53 bits per heavy atom. The van der Waals surface area contributed by atoms with Gasteiger partial charge in [0, 0.05) is 13.1 Å². The molecule has 1 N–H and O–H groups in total. The number of aliphatic carboxylic acids is 1. The number of carbonyl (C=O) groups is 1. The van der Waals surface area contributed by atoms with Gasteiger partial charge < -0.3 is 6.53 Å². The number of rotatable bonds is 3. The van der Waals surface area contributed by atoms with Gasteiger partial charge in [0.2, 0.25) is 0 Å². The van der Waals surface area contributed by atoms with E-state index in [-0.39, 0.29) is 37.6 Å². The van der Waals surface area contributed by atoms with Crippen molar-refractivity contribution >= 4 is 38.9 Å². The molecule has 1 aliphatic heterocycles. The fraction of sp³-hybridized carbons (Fsp3) is 0.375. The summed E-state index contributed by atoms with van der Waals surface area (Å²) in [4.78, 5) is 10.6. The number of thiophene rings is 1. The standard InChI is InChI=1S/C8H8ClNO4S2.Li.H/c9-6-1-2-7(15-6)16(13,14)10-3-5(4-10)8(11)12;;/h1-2,5H,3-4H2,(H,11,12);;/q;+1;-1. The molecule has 0 aromatic carbocycles. The van der Waals surface area contributed by atoms with Crippen molar-refractivity contribution in [1.29, 1.82) is 0 Å². The van der Waals surface area contributed by atoms with Gasteiger partial charge in [0.1, 0.15) is 4.21 Å². The van der Waals surface area contributed by atoms with Crippen LogP contribution in [0.5, 0.6) is 0 Å². The molecule has 0 atom stereocenters. The van der Waals surface area contributed by atoms with E-state index in [9.17, 15) is 13.2 Å². The summed E-state index contributed by atoms with van der Waals surface area (Å²) >= 11 is 6.62. The average Bonchev–Trinajstić information content (AvgIpc) is 2.47. The van der Waals surface area contributed by atoms with E-state index in [1.165, 1.54) is 12.1 Å². The third-order valence-corrected chi connectivity index (χ3v) is 5.87. The molecular formula is C8H9ClLiNO4S2. The molecule has 2 rings (SSSR count). The van der Waals surface area contributed by atoms with Crippen LogP contribution in [-0.4, -0.2) is 36.9 Å². The van der Waals surface area contributed by atoms with Crippen LogP contribution in [0.1, 0.15) is 1.43 Å². The first-order chi connectivity index (χ1) is 7.41. The minimum Gasteiger partial charge on any atom is -1.00 e. The molecule has 0 amide bonds. The van der Waals surface area contributed by atoms with Crippen molar-refractivity contribution in [3.05, 3.63) is 16.5 Å². The third-order valence-electron chi connectivity index (χ3n) is 2.34. The second-order valence-electron chi connectivity index (χ2n) is 3.42. The predicted octanol–water partition coefficient (Wildman–Crippen LogP) is -1.78. The minimum atomic E-state index is -3.54. The van der Waals surface area contributed by atoms with Gasteiger partial charge in [-0.25, -0.2) is 8.42 Å². The maximum atomic E-state index is 11.9. The molecule has 17 heavy (non-hydrogen) atoms. The van der Waals surface area contributed by atoms with Crippen LogP contribution in [0, 0.1) is 5.92 Å². The van der Waals surface area contributed by atoms with Gasteiger partial charge in [0.05, 0.1) is 10.3 Å². The van der Waals surface area contributed by atoms with Gasteiger partial charge in [0.15, 0.2) is 0 Å². The molecule has 1 saturated heterocycles. The fourth-order valence-corrected chi connectivity index (χ4v) is 4.52. The smallest absolute Gasteiger partial charge is 1.00 e. The van der Waals surface area contributed by atoms with Crippen LogP contribution in [0.3, 0.4) is 0 Å². The molecule has 5 nitrogen and oxygen atoms in total. The van der Waals surface area contributed by atoms with Crippen molar-refractivity contribution in [3.8, 4) is 0 Å². The Bertz CT molecular complexity index is 529. The number of carboxylic acids is 1. The second kappa shape index (κ2) is 5.30. The Morgan fingerprint density at radius 2 is 2.12 bits per heavy atom.